The lowest BCUT2D eigenvalue weighted by Gasteiger charge is -2.14. The summed E-state index contributed by atoms with van der Waals surface area (Å²) in [5.41, 5.74) is 9.45. The Kier molecular flexibility index (Phi) is 7.61. The summed E-state index contributed by atoms with van der Waals surface area (Å²) in [6.07, 6.45) is 2.92. The Bertz CT molecular complexity index is 1610. The number of nitrogens with two attached hydrogens (primary N) is 1. The number of carbonyl (C=O) groups is 1. The minimum Gasteiger partial charge on any atom is -0.397 e. The summed E-state index contributed by atoms with van der Waals surface area (Å²) in [5, 5.41) is 36.8. The first-order valence-corrected chi connectivity index (χ1v) is 11.7. The number of anilines is 3. The molecule has 0 spiro atoms. The van der Waals surface area contributed by atoms with Gasteiger partial charge in [-0.3, -0.25) is 9.48 Å². The van der Waals surface area contributed by atoms with Gasteiger partial charge in [-0.15, -0.1) is 0 Å². The van der Waals surface area contributed by atoms with E-state index in [1.165, 1.54) is 0 Å². The molecular formula is C26H21ClN10O. The van der Waals surface area contributed by atoms with E-state index in [0.29, 0.717) is 39.5 Å². The van der Waals surface area contributed by atoms with Gasteiger partial charge in [0.25, 0.3) is 0 Å². The number of hydrogen-bond acceptors (Lipinski definition) is 9. The van der Waals surface area contributed by atoms with E-state index in [9.17, 15) is 10.1 Å². The minimum absolute atomic E-state index is 0.0107. The zero-order chi connectivity index (χ0) is 27.2. The van der Waals surface area contributed by atoms with E-state index in [1.54, 1.807) is 60.4 Å². The lowest BCUT2D eigenvalue weighted by atomic mass is 10.0. The number of carbonyl (C=O) groups excluding carboxylic acids is 1. The summed E-state index contributed by atoms with van der Waals surface area (Å²) in [7, 11) is 1.76. The van der Waals surface area contributed by atoms with E-state index in [2.05, 4.69) is 25.7 Å². The Balaban J connectivity index is 1.62. The van der Waals surface area contributed by atoms with Gasteiger partial charge in [-0.1, -0.05) is 11.6 Å². The van der Waals surface area contributed by atoms with Crippen LogP contribution in [0.1, 0.15) is 23.2 Å². The molecule has 4 rings (SSSR count). The van der Waals surface area contributed by atoms with Crippen LogP contribution >= 0.6 is 11.6 Å². The van der Waals surface area contributed by atoms with Crippen LogP contribution in [0.4, 0.5) is 17.2 Å². The largest absolute Gasteiger partial charge is 0.397 e. The summed E-state index contributed by atoms with van der Waals surface area (Å²) >= 11 is 6.30. The highest BCUT2D eigenvalue weighted by molar-refractivity contribution is 6.34. The van der Waals surface area contributed by atoms with Crippen LogP contribution < -0.4 is 16.4 Å². The predicted octanol–water partition coefficient (Wildman–Crippen LogP) is 3.96. The lowest BCUT2D eigenvalue weighted by Crippen LogP contribution is -2.17. The van der Waals surface area contributed by atoms with Crippen molar-refractivity contribution in [3.63, 3.8) is 0 Å². The molecule has 11 nitrogen and oxygen atoms in total. The van der Waals surface area contributed by atoms with Gasteiger partial charge in [0.15, 0.2) is 11.5 Å². The predicted molar refractivity (Wildman–Crippen MR) is 145 cm³/mol. The van der Waals surface area contributed by atoms with Gasteiger partial charge in [0.2, 0.25) is 5.91 Å². The molecule has 0 bridgehead atoms. The molecule has 2 aromatic heterocycles. The van der Waals surface area contributed by atoms with Crippen LogP contribution in [-0.2, 0) is 11.8 Å². The fraction of sp³-hybridized carbons (Fsp3) is 0.115. The van der Waals surface area contributed by atoms with Gasteiger partial charge >= 0.3 is 0 Å². The molecule has 0 aliphatic carbocycles. The molecule has 2 heterocycles. The Hall–Kier alpha value is -5.26. The molecule has 38 heavy (non-hydrogen) atoms. The van der Waals surface area contributed by atoms with E-state index >= 15 is 0 Å². The first-order chi connectivity index (χ1) is 18.3. The molecule has 0 aliphatic heterocycles. The van der Waals surface area contributed by atoms with Crippen molar-refractivity contribution in [2.24, 2.45) is 7.05 Å². The summed E-state index contributed by atoms with van der Waals surface area (Å²) < 4.78 is 1.61. The second-order valence-corrected chi connectivity index (χ2v) is 8.53. The molecule has 4 aromatic rings. The average Bonchev–Trinajstić information content (AvgIpc) is 3.36. The number of aromatic nitrogens is 4. The third kappa shape index (κ3) is 5.59. The number of nitrogen functional groups attached to an aromatic ring is 1. The molecule has 1 amide bonds. The van der Waals surface area contributed by atoms with Crippen LogP contribution in [0.25, 0.3) is 22.6 Å². The van der Waals surface area contributed by atoms with E-state index in [-0.39, 0.29) is 41.1 Å². The smallest absolute Gasteiger partial charge is 0.226 e. The number of halogens is 1. The molecular weight excluding hydrogens is 504 g/mol. The third-order valence-electron chi connectivity index (χ3n) is 5.49. The minimum atomic E-state index is -0.258. The van der Waals surface area contributed by atoms with Gasteiger partial charge < -0.3 is 21.8 Å². The van der Waals surface area contributed by atoms with Crippen LogP contribution in [0.2, 0.25) is 5.02 Å². The quantitative estimate of drug-likeness (QED) is 0.197. The number of nitriles is 2. The van der Waals surface area contributed by atoms with Gasteiger partial charge in [0, 0.05) is 49.2 Å². The molecule has 5 N–H and O–H groups in total. The summed E-state index contributed by atoms with van der Waals surface area (Å²) in [5.74, 6) is -0.0668. The Morgan fingerprint density at radius 2 is 1.92 bits per heavy atom. The summed E-state index contributed by atoms with van der Waals surface area (Å²) in [6, 6.07) is 15.6. The number of aryl methyl sites for hydroxylation is 1. The van der Waals surface area contributed by atoms with Crippen molar-refractivity contribution >= 4 is 40.9 Å². The van der Waals surface area contributed by atoms with Crippen molar-refractivity contribution < 1.29 is 4.79 Å². The number of amides is 1. The molecule has 0 fully saturated rings. The molecule has 0 saturated heterocycles. The fourth-order valence-electron chi connectivity index (χ4n) is 3.60. The van der Waals surface area contributed by atoms with E-state index < -0.39 is 0 Å². The van der Waals surface area contributed by atoms with Gasteiger partial charge in [-0.05, 0) is 42.5 Å². The van der Waals surface area contributed by atoms with Crippen molar-refractivity contribution in [1.82, 2.24) is 19.7 Å². The standard InChI is InChI=1S/C26H21ClN10O/c1-37-9-7-20(36-37)25-24(16-10-17(13-29)23(31)19(27)11-16)34-21(14-30)26(35-25)32-8-6-22(38)33-18-4-2-15(12-28)3-5-18/h2-5,7,9-11,13,29H,6,8,31H2,1H3,(H,32,35)(H,33,38). The molecule has 12 heteroatoms. The van der Waals surface area contributed by atoms with Gasteiger partial charge in [0.1, 0.15) is 23.2 Å². The third-order valence-corrected chi connectivity index (χ3v) is 5.80. The Morgan fingerprint density at radius 1 is 1.16 bits per heavy atom. The summed E-state index contributed by atoms with van der Waals surface area (Å²) in [6.45, 7) is 0.179. The zero-order valence-corrected chi connectivity index (χ0v) is 20.9. The average molecular weight is 525 g/mol. The number of nitrogens with one attached hydrogen (secondary N) is 3. The maximum atomic E-state index is 12.4. The molecule has 0 radical (unpaired) electrons. The van der Waals surface area contributed by atoms with Crippen molar-refractivity contribution in [2.75, 3.05) is 22.9 Å². The first kappa shape index (κ1) is 25.8. The van der Waals surface area contributed by atoms with Crippen molar-refractivity contribution in [3.05, 3.63) is 70.5 Å². The van der Waals surface area contributed by atoms with Crippen LogP contribution in [0, 0.1) is 28.1 Å². The number of nitrogens with zero attached hydrogens (tertiary/aromatic N) is 6. The number of rotatable bonds is 8. The topological polar surface area (TPSA) is 182 Å². The second kappa shape index (κ2) is 11.2. The number of benzene rings is 2. The zero-order valence-electron chi connectivity index (χ0n) is 20.2. The Morgan fingerprint density at radius 3 is 2.55 bits per heavy atom. The maximum Gasteiger partial charge on any atom is 0.226 e. The molecule has 0 atom stereocenters. The van der Waals surface area contributed by atoms with Gasteiger partial charge in [-0.25, -0.2) is 9.97 Å². The highest BCUT2D eigenvalue weighted by Crippen LogP contribution is 2.34. The van der Waals surface area contributed by atoms with Crippen LogP contribution in [-0.4, -0.2) is 38.4 Å². The second-order valence-electron chi connectivity index (χ2n) is 8.12. The molecule has 0 saturated carbocycles. The van der Waals surface area contributed by atoms with Crippen molar-refractivity contribution in [3.8, 4) is 34.8 Å². The molecule has 0 unspecified atom stereocenters. The normalized spacial score (nSPS) is 10.3. The maximum absolute atomic E-state index is 12.4. The highest BCUT2D eigenvalue weighted by atomic mass is 35.5. The van der Waals surface area contributed by atoms with Gasteiger partial charge in [-0.2, -0.15) is 15.6 Å². The molecule has 0 aliphatic rings. The Labute approximate surface area is 223 Å². The summed E-state index contributed by atoms with van der Waals surface area (Å²) in [4.78, 5) is 21.6. The highest BCUT2D eigenvalue weighted by Gasteiger charge is 2.20. The van der Waals surface area contributed by atoms with E-state index in [0.717, 1.165) is 6.21 Å². The van der Waals surface area contributed by atoms with Crippen LogP contribution in [0.3, 0.4) is 0 Å². The number of hydrogen-bond donors (Lipinski definition) is 4. The van der Waals surface area contributed by atoms with E-state index in [1.807, 2.05) is 12.1 Å². The van der Waals surface area contributed by atoms with Crippen LogP contribution in [0.5, 0.6) is 0 Å². The fourth-order valence-corrected chi connectivity index (χ4v) is 3.83. The van der Waals surface area contributed by atoms with Crippen LogP contribution in [0.15, 0.2) is 48.7 Å². The molecule has 2 aromatic carbocycles. The van der Waals surface area contributed by atoms with Gasteiger partial charge in [0.05, 0.1) is 22.3 Å². The monoisotopic (exact) mass is 524 g/mol. The first-order valence-electron chi connectivity index (χ1n) is 11.3. The SMILES string of the molecule is Cn1ccc(-c2nc(NCCC(=O)Nc3ccc(C#N)cc3)c(C#N)nc2-c2cc(Cl)c(N)c(C=N)c2)n1. The van der Waals surface area contributed by atoms with Crippen molar-refractivity contribution in [1.29, 1.82) is 15.9 Å². The van der Waals surface area contributed by atoms with E-state index in [4.69, 9.17) is 28.0 Å². The molecule has 188 valence electrons. The van der Waals surface area contributed by atoms with Crippen molar-refractivity contribution in [2.45, 2.75) is 6.42 Å². The lowest BCUT2D eigenvalue weighted by molar-refractivity contribution is -0.115.